The van der Waals surface area contributed by atoms with Gasteiger partial charge in [0.25, 0.3) is 11.8 Å². The highest BCUT2D eigenvalue weighted by Gasteiger charge is 2.30. The third kappa shape index (κ3) is 0.759. The smallest absolute Gasteiger partial charge is 0.266 e. The highest BCUT2D eigenvalue weighted by Crippen LogP contribution is 2.20. The van der Waals surface area contributed by atoms with E-state index in [1.165, 1.54) is 0 Å². The summed E-state index contributed by atoms with van der Waals surface area (Å²) in [7, 11) is 0. The Kier molecular flexibility index (Phi) is 1.56. The molecule has 1 aliphatic rings. The third-order valence-electron chi connectivity index (χ3n) is 1.59. The Balaban J connectivity index is 3.11. The minimum absolute atomic E-state index is 0.314. The molecule has 1 aliphatic heterocycles. The number of carbonyl (C=O) groups is 2. The highest BCUT2D eigenvalue weighted by atomic mass is 32.1. The Labute approximate surface area is 64.2 Å². The molecule has 10 heavy (non-hydrogen) atoms. The summed E-state index contributed by atoms with van der Waals surface area (Å²) in [4.78, 5) is 21.8. The van der Waals surface area contributed by atoms with Crippen LogP contribution in [-0.4, -0.2) is 16.1 Å². The SMILES string of the molecule is CC1=C(C)C(=O)N(S)C1=O. The van der Waals surface area contributed by atoms with Crippen molar-refractivity contribution in [2.24, 2.45) is 0 Å². The van der Waals surface area contributed by atoms with Gasteiger partial charge in [0.1, 0.15) is 0 Å². The molecular weight excluding hydrogens is 150 g/mol. The molecule has 0 fully saturated rings. The summed E-state index contributed by atoms with van der Waals surface area (Å²) in [5, 5.41) is 0. The van der Waals surface area contributed by atoms with E-state index in [4.69, 9.17) is 0 Å². The topological polar surface area (TPSA) is 37.4 Å². The quantitative estimate of drug-likeness (QED) is 0.411. The Morgan fingerprint density at radius 3 is 1.50 bits per heavy atom. The predicted molar refractivity (Wildman–Crippen MR) is 39.2 cm³/mol. The maximum absolute atomic E-state index is 10.9. The van der Waals surface area contributed by atoms with E-state index in [1.54, 1.807) is 13.8 Å². The van der Waals surface area contributed by atoms with E-state index in [2.05, 4.69) is 12.8 Å². The van der Waals surface area contributed by atoms with Crippen molar-refractivity contribution in [3.8, 4) is 0 Å². The van der Waals surface area contributed by atoms with Crippen molar-refractivity contribution < 1.29 is 9.59 Å². The molecule has 0 aromatic rings. The molecule has 2 amide bonds. The van der Waals surface area contributed by atoms with Gasteiger partial charge in [0.05, 0.1) is 0 Å². The number of carbonyl (C=O) groups excluding carboxylic acids is 2. The lowest BCUT2D eigenvalue weighted by molar-refractivity contribution is -0.130. The minimum Gasteiger partial charge on any atom is -0.268 e. The summed E-state index contributed by atoms with van der Waals surface area (Å²) in [6, 6.07) is 0. The van der Waals surface area contributed by atoms with Gasteiger partial charge in [-0.15, -0.1) is 0 Å². The molecule has 0 aromatic heterocycles. The predicted octanol–water partition coefficient (Wildman–Crippen LogP) is 0.536. The zero-order valence-corrected chi connectivity index (χ0v) is 6.61. The number of hydrogen-bond acceptors (Lipinski definition) is 3. The first-order valence-electron chi connectivity index (χ1n) is 2.81. The number of amides is 2. The molecule has 0 saturated carbocycles. The molecule has 0 aromatic carbocycles. The van der Waals surface area contributed by atoms with Gasteiger partial charge in [0.2, 0.25) is 0 Å². The fraction of sp³-hybridized carbons (Fsp3) is 0.333. The van der Waals surface area contributed by atoms with Crippen molar-refractivity contribution >= 4 is 24.6 Å². The highest BCUT2D eigenvalue weighted by molar-refractivity contribution is 7.79. The Morgan fingerprint density at radius 2 is 1.40 bits per heavy atom. The van der Waals surface area contributed by atoms with Crippen molar-refractivity contribution in [2.45, 2.75) is 13.8 Å². The average molecular weight is 157 g/mol. The van der Waals surface area contributed by atoms with Gasteiger partial charge >= 0.3 is 0 Å². The van der Waals surface area contributed by atoms with Crippen LogP contribution in [0.5, 0.6) is 0 Å². The molecule has 0 N–H and O–H groups in total. The van der Waals surface area contributed by atoms with Gasteiger partial charge in [0.15, 0.2) is 0 Å². The van der Waals surface area contributed by atoms with Crippen LogP contribution < -0.4 is 0 Å². The van der Waals surface area contributed by atoms with Crippen LogP contribution in [0.4, 0.5) is 0 Å². The van der Waals surface area contributed by atoms with E-state index in [1.807, 2.05) is 0 Å². The summed E-state index contributed by atoms with van der Waals surface area (Å²) >= 11 is 3.69. The molecular formula is C6H7NO2S. The average Bonchev–Trinajstić information content (AvgIpc) is 2.07. The van der Waals surface area contributed by atoms with Crippen molar-refractivity contribution in [3.05, 3.63) is 11.1 Å². The van der Waals surface area contributed by atoms with Gasteiger partial charge in [-0.3, -0.25) is 9.59 Å². The first-order chi connectivity index (χ1) is 4.55. The Bertz CT molecular complexity index is 220. The molecule has 1 rings (SSSR count). The second kappa shape index (κ2) is 2.12. The van der Waals surface area contributed by atoms with E-state index < -0.39 is 0 Å². The van der Waals surface area contributed by atoms with Crippen molar-refractivity contribution in [3.63, 3.8) is 0 Å². The Hall–Kier alpha value is -0.770. The number of thiol groups is 1. The largest absolute Gasteiger partial charge is 0.268 e. The monoisotopic (exact) mass is 157 g/mol. The number of hydrogen-bond donors (Lipinski definition) is 1. The maximum atomic E-state index is 10.9. The number of rotatable bonds is 0. The van der Waals surface area contributed by atoms with E-state index >= 15 is 0 Å². The third-order valence-corrected chi connectivity index (χ3v) is 1.95. The normalized spacial score (nSPS) is 19.3. The fourth-order valence-electron chi connectivity index (χ4n) is 0.731. The van der Waals surface area contributed by atoms with Crippen LogP contribution in [0, 0.1) is 0 Å². The lowest BCUT2D eigenvalue weighted by Gasteiger charge is -2.02. The molecule has 0 radical (unpaired) electrons. The lowest BCUT2D eigenvalue weighted by Crippen LogP contribution is -2.20. The van der Waals surface area contributed by atoms with E-state index in [0.717, 1.165) is 4.31 Å². The zero-order chi connectivity index (χ0) is 7.89. The lowest BCUT2D eigenvalue weighted by atomic mass is 10.2. The van der Waals surface area contributed by atoms with Crippen molar-refractivity contribution in [2.75, 3.05) is 0 Å². The maximum Gasteiger partial charge on any atom is 0.266 e. The van der Waals surface area contributed by atoms with E-state index in [-0.39, 0.29) is 11.8 Å². The van der Waals surface area contributed by atoms with Gasteiger partial charge in [-0.2, -0.15) is 0 Å². The molecule has 1 heterocycles. The summed E-state index contributed by atoms with van der Waals surface area (Å²) < 4.78 is 0.824. The van der Waals surface area contributed by atoms with Gasteiger partial charge in [-0.1, -0.05) is 12.8 Å². The van der Waals surface area contributed by atoms with Gasteiger partial charge < -0.3 is 0 Å². The van der Waals surface area contributed by atoms with E-state index in [9.17, 15) is 9.59 Å². The summed E-state index contributed by atoms with van der Waals surface area (Å²) in [6.07, 6.45) is 0. The zero-order valence-electron chi connectivity index (χ0n) is 5.71. The van der Waals surface area contributed by atoms with Crippen LogP contribution in [0.3, 0.4) is 0 Å². The first-order valence-corrected chi connectivity index (χ1v) is 3.21. The molecule has 54 valence electrons. The van der Waals surface area contributed by atoms with Crippen LogP contribution >= 0.6 is 12.8 Å². The first kappa shape index (κ1) is 7.34. The molecule has 4 heteroatoms. The molecule has 0 aliphatic carbocycles. The van der Waals surface area contributed by atoms with Crippen LogP contribution in [0.2, 0.25) is 0 Å². The molecule has 0 spiro atoms. The van der Waals surface area contributed by atoms with E-state index in [0.29, 0.717) is 11.1 Å². The molecule has 3 nitrogen and oxygen atoms in total. The van der Waals surface area contributed by atoms with Crippen LogP contribution in [0.1, 0.15) is 13.8 Å². The second-order valence-corrected chi connectivity index (χ2v) is 2.57. The van der Waals surface area contributed by atoms with Crippen molar-refractivity contribution in [1.82, 2.24) is 4.31 Å². The summed E-state index contributed by atoms with van der Waals surface area (Å²) in [5.41, 5.74) is 0.972. The van der Waals surface area contributed by atoms with Gasteiger partial charge in [-0.25, -0.2) is 4.31 Å². The van der Waals surface area contributed by atoms with Gasteiger partial charge in [0, 0.05) is 11.1 Å². The molecule has 0 bridgehead atoms. The number of imide groups is 1. The summed E-state index contributed by atoms with van der Waals surface area (Å²) in [6.45, 7) is 3.23. The molecule has 0 atom stereocenters. The minimum atomic E-state index is -0.314. The van der Waals surface area contributed by atoms with Crippen LogP contribution in [0.25, 0.3) is 0 Å². The Morgan fingerprint density at radius 1 is 1.10 bits per heavy atom. The number of nitrogens with zero attached hydrogens (tertiary/aromatic N) is 1. The van der Waals surface area contributed by atoms with Crippen LogP contribution in [0.15, 0.2) is 11.1 Å². The summed E-state index contributed by atoms with van der Waals surface area (Å²) in [5.74, 6) is -0.628. The fourth-order valence-corrected chi connectivity index (χ4v) is 1.03. The molecule has 0 unspecified atom stereocenters. The van der Waals surface area contributed by atoms with Gasteiger partial charge in [-0.05, 0) is 13.8 Å². The van der Waals surface area contributed by atoms with Crippen LogP contribution in [-0.2, 0) is 9.59 Å². The van der Waals surface area contributed by atoms with Crippen molar-refractivity contribution in [1.29, 1.82) is 0 Å². The standard InChI is InChI=1S/C6H7NO2S/c1-3-4(2)6(9)7(10)5(3)8/h10H,1-2H3. The second-order valence-electron chi connectivity index (χ2n) is 2.17. The molecule has 0 saturated heterocycles.